The van der Waals surface area contributed by atoms with Gasteiger partial charge in [-0.2, -0.15) is 9.78 Å². The number of hydrogen-bond donors (Lipinski definition) is 1. The molecule has 0 aliphatic carbocycles. The van der Waals surface area contributed by atoms with Crippen molar-refractivity contribution in [1.29, 1.82) is 0 Å². The second-order valence-corrected chi connectivity index (χ2v) is 7.37. The van der Waals surface area contributed by atoms with Crippen LogP contribution in [0.5, 0.6) is 5.75 Å². The lowest BCUT2D eigenvalue weighted by Gasteiger charge is -2.11. The van der Waals surface area contributed by atoms with Crippen LogP contribution in [0.4, 0.5) is 0 Å². The lowest BCUT2D eigenvalue weighted by Crippen LogP contribution is -3.06. The van der Waals surface area contributed by atoms with Crippen LogP contribution in [0.3, 0.4) is 0 Å². The quantitative estimate of drug-likeness (QED) is 0.442. The van der Waals surface area contributed by atoms with E-state index in [-0.39, 0.29) is 0 Å². The fourth-order valence-electron chi connectivity index (χ4n) is 3.27. The van der Waals surface area contributed by atoms with Crippen LogP contribution in [0, 0.1) is 4.84 Å². The van der Waals surface area contributed by atoms with Crippen LogP contribution in [0.2, 0.25) is 0 Å². The minimum atomic E-state index is 0.343. The van der Waals surface area contributed by atoms with Gasteiger partial charge in [0.15, 0.2) is 6.67 Å². The maximum Gasteiger partial charge on any atom is 0.292 e. The number of hydrogen-bond acceptors (Lipinski definition) is 5. The number of quaternary nitrogens is 1. The van der Waals surface area contributed by atoms with Crippen molar-refractivity contribution in [1.82, 2.24) is 19.6 Å². The summed E-state index contributed by atoms with van der Waals surface area (Å²) in [7, 11) is 2.09. The molecule has 8 heteroatoms. The summed E-state index contributed by atoms with van der Waals surface area (Å²) >= 11 is 5.39. The SMILES string of the molecule is CCOc1ccccc1-c1nn(C[NH+](C)Cc2cnn(-c3ccccc3)c2)c(=S)o1. The number of benzene rings is 2. The predicted molar refractivity (Wildman–Crippen MR) is 116 cm³/mol. The molecule has 0 aliphatic rings. The third kappa shape index (κ3) is 4.50. The summed E-state index contributed by atoms with van der Waals surface area (Å²) in [6, 6.07) is 17.7. The Labute approximate surface area is 180 Å². The van der Waals surface area contributed by atoms with Crippen molar-refractivity contribution in [2.75, 3.05) is 13.7 Å². The summed E-state index contributed by atoms with van der Waals surface area (Å²) in [6.45, 7) is 3.88. The summed E-state index contributed by atoms with van der Waals surface area (Å²) in [5.41, 5.74) is 2.97. The van der Waals surface area contributed by atoms with Crippen LogP contribution < -0.4 is 9.64 Å². The van der Waals surface area contributed by atoms with E-state index >= 15 is 0 Å². The summed E-state index contributed by atoms with van der Waals surface area (Å²) < 4.78 is 15.0. The van der Waals surface area contributed by atoms with Crippen molar-refractivity contribution >= 4 is 12.2 Å². The maximum absolute atomic E-state index is 5.76. The van der Waals surface area contributed by atoms with Crippen LogP contribution in [0.1, 0.15) is 12.5 Å². The Kier molecular flexibility index (Phi) is 6.06. The Morgan fingerprint density at radius 2 is 1.87 bits per heavy atom. The number of para-hydroxylation sites is 2. The van der Waals surface area contributed by atoms with Crippen LogP contribution in [0.15, 0.2) is 71.4 Å². The molecule has 2 aromatic heterocycles. The highest BCUT2D eigenvalue weighted by Gasteiger charge is 2.16. The highest BCUT2D eigenvalue weighted by molar-refractivity contribution is 7.71. The van der Waals surface area contributed by atoms with E-state index in [9.17, 15) is 0 Å². The molecule has 0 bridgehead atoms. The normalized spacial score (nSPS) is 12.1. The first-order valence-corrected chi connectivity index (χ1v) is 10.3. The lowest BCUT2D eigenvalue weighted by molar-refractivity contribution is -0.917. The van der Waals surface area contributed by atoms with Crippen molar-refractivity contribution in [3.05, 3.63) is 77.4 Å². The molecule has 0 saturated heterocycles. The first-order chi connectivity index (χ1) is 14.6. The smallest absolute Gasteiger partial charge is 0.292 e. The van der Waals surface area contributed by atoms with Gasteiger partial charge in [-0.05, 0) is 43.4 Å². The van der Waals surface area contributed by atoms with E-state index in [1.807, 2.05) is 78.6 Å². The van der Waals surface area contributed by atoms with E-state index in [4.69, 9.17) is 21.4 Å². The van der Waals surface area contributed by atoms with E-state index in [0.29, 0.717) is 24.0 Å². The van der Waals surface area contributed by atoms with Crippen molar-refractivity contribution in [2.24, 2.45) is 0 Å². The zero-order chi connectivity index (χ0) is 20.9. The lowest BCUT2D eigenvalue weighted by atomic mass is 10.2. The van der Waals surface area contributed by atoms with Gasteiger partial charge in [0.1, 0.15) is 12.3 Å². The molecular formula is C22H24N5O2S+. The molecule has 1 atom stereocenters. The molecule has 30 heavy (non-hydrogen) atoms. The zero-order valence-corrected chi connectivity index (χ0v) is 17.8. The minimum absolute atomic E-state index is 0.343. The van der Waals surface area contributed by atoms with Gasteiger partial charge >= 0.3 is 0 Å². The maximum atomic E-state index is 5.76. The van der Waals surface area contributed by atoms with Crippen molar-refractivity contribution in [2.45, 2.75) is 20.1 Å². The van der Waals surface area contributed by atoms with Gasteiger partial charge in [0.05, 0.1) is 31.1 Å². The molecule has 0 fully saturated rings. The molecule has 4 rings (SSSR count). The van der Waals surface area contributed by atoms with Gasteiger partial charge in [-0.3, -0.25) is 0 Å². The number of aromatic nitrogens is 4. The number of nitrogens with one attached hydrogen (secondary N) is 1. The standard InChI is InChI=1S/C22H23N5O2S/c1-3-28-20-12-8-7-11-19(20)21-24-27(22(30)29-21)16-25(2)14-17-13-23-26(15-17)18-9-5-4-6-10-18/h4-13,15H,3,14,16H2,1-2H3/p+1. The Hall–Kier alpha value is -3.23. The number of rotatable bonds is 8. The fraction of sp³-hybridized carbons (Fsp3) is 0.227. The highest BCUT2D eigenvalue weighted by Crippen LogP contribution is 2.28. The first-order valence-electron chi connectivity index (χ1n) is 9.84. The second kappa shape index (κ2) is 9.06. The highest BCUT2D eigenvalue weighted by atomic mass is 32.1. The molecule has 4 aromatic rings. The molecule has 1 N–H and O–H groups in total. The number of ether oxygens (including phenoxy) is 1. The van der Waals surface area contributed by atoms with Gasteiger partial charge in [0.2, 0.25) is 0 Å². The van der Waals surface area contributed by atoms with E-state index in [1.54, 1.807) is 4.68 Å². The molecule has 2 aromatic carbocycles. The van der Waals surface area contributed by atoms with Crippen LogP contribution in [0.25, 0.3) is 17.1 Å². The number of nitrogens with zero attached hydrogens (tertiary/aromatic N) is 4. The van der Waals surface area contributed by atoms with Crippen molar-refractivity contribution in [3.63, 3.8) is 0 Å². The largest absolute Gasteiger partial charge is 0.493 e. The molecule has 154 valence electrons. The van der Waals surface area contributed by atoms with Gasteiger partial charge in [0.25, 0.3) is 10.7 Å². The van der Waals surface area contributed by atoms with Gasteiger partial charge in [0, 0.05) is 11.8 Å². The van der Waals surface area contributed by atoms with E-state index in [1.165, 1.54) is 4.90 Å². The van der Waals surface area contributed by atoms with Gasteiger partial charge in [-0.1, -0.05) is 30.3 Å². The average molecular weight is 423 g/mol. The van der Waals surface area contributed by atoms with Crippen molar-refractivity contribution in [3.8, 4) is 22.9 Å². The third-order valence-electron chi connectivity index (χ3n) is 4.61. The monoisotopic (exact) mass is 422 g/mol. The molecule has 0 saturated carbocycles. The molecule has 0 radical (unpaired) electrons. The van der Waals surface area contributed by atoms with Crippen LogP contribution in [-0.2, 0) is 13.2 Å². The third-order valence-corrected chi connectivity index (χ3v) is 4.90. The summed E-state index contributed by atoms with van der Waals surface area (Å²) in [5, 5.41) is 9.04. The predicted octanol–water partition coefficient (Wildman–Crippen LogP) is 3.13. The van der Waals surface area contributed by atoms with E-state index < -0.39 is 0 Å². The molecular weight excluding hydrogens is 398 g/mol. The molecule has 0 spiro atoms. The summed E-state index contributed by atoms with van der Waals surface area (Å²) in [5.74, 6) is 1.20. The zero-order valence-electron chi connectivity index (χ0n) is 17.0. The van der Waals surface area contributed by atoms with Crippen molar-refractivity contribution < 1.29 is 14.1 Å². The molecule has 2 heterocycles. The minimum Gasteiger partial charge on any atom is -0.493 e. The van der Waals surface area contributed by atoms with E-state index in [2.05, 4.69) is 17.2 Å². The topological polar surface area (TPSA) is 62.5 Å². The summed E-state index contributed by atoms with van der Waals surface area (Å²) in [4.78, 5) is 1.55. The first kappa shape index (κ1) is 20.1. The Bertz CT molecular complexity index is 1170. The van der Waals surface area contributed by atoms with Crippen LogP contribution in [-0.4, -0.2) is 33.2 Å². The van der Waals surface area contributed by atoms with Gasteiger partial charge < -0.3 is 14.1 Å². The van der Waals surface area contributed by atoms with Gasteiger partial charge in [-0.25, -0.2) is 4.68 Å². The Morgan fingerprint density at radius 1 is 1.10 bits per heavy atom. The average Bonchev–Trinajstić information content (AvgIpc) is 3.36. The molecule has 1 unspecified atom stereocenters. The van der Waals surface area contributed by atoms with E-state index in [0.717, 1.165) is 29.1 Å². The Morgan fingerprint density at radius 3 is 2.67 bits per heavy atom. The summed E-state index contributed by atoms with van der Waals surface area (Å²) in [6.07, 6.45) is 3.94. The molecule has 7 nitrogen and oxygen atoms in total. The van der Waals surface area contributed by atoms with Gasteiger partial charge in [-0.15, -0.1) is 5.10 Å². The van der Waals surface area contributed by atoms with Crippen LogP contribution >= 0.6 is 12.2 Å². The second-order valence-electron chi connectivity index (χ2n) is 7.02. The fourth-order valence-corrected chi connectivity index (χ4v) is 3.46. The Balaban J connectivity index is 1.47. The molecule has 0 amide bonds. The molecule has 0 aliphatic heterocycles.